The Morgan fingerprint density at radius 2 is 2.22 bits per heavy atom. The van der Waals surface area contributed by atoms with Crippen LogP contribution in [-0.2, 0) is 4.79 Å². The van der Waals surface area contributed by atoms with E-state index in [1.807, 2.05) is 38.1 Å². The predicted octanol–water partition coefficient (Wildman–Crippen LogP) is 3.28. The number of hydrogen-bond donors (Lipinski definition) is 1. The van der Waals surface area contributed by atoms with Crippen molar-refractivity contribution in [2.24, 2.45) is 11.3 Å². The van der Waals surface area contributed by atoms with Crippen molar-refractivity contribution in [1.82, 2.24) is 0 Å². The van der Waals surface area contributed by atoms with Crippen LogP contribution in [0.2, 0.25) is 5.02 Å². The molecule has 1 saturated heterocycles. The van der Waals surface area contributed by atoms with Crippen molar-refractivity contribution in [3.05, 3.63) is 29.3 Å². The minimum absolute atomic E-state index is 0.152. The highest BCUT2D eigenvalue weighted by atomic mass is 35.5. The number of aliphatic carboxylic acids is 1. The molecule has 0 bridgehead atoms. The Balaban J connectivity index is 2.21. The van der Waals surface area contributed by atoms with Crippen molar-refractivity contribution in [3.8, 4) is 0 Å². The van der Waals surface area contributed by atoms with E-state index in [1.165, 1.54) is 0 Å². The number of anilines is 1. The Morgan fingerprint density at radius 3 is 2.83 bits per heavy atom. The summed E-state index contributed by atoms with van der Waals surface area (Å²) in [5.41, 5.74) is 0.852. The first-order valence-corrected chi connectivity index (χ1v) is 6.51. The van der Waals surface area contributed by atoms with E-state index in [0.29, 0.717) is 11.6 Å². The van der Waals surface area contributed by atoms with Crippen LogP contribution in [-0.4, -0.2) is 24.2 Å². The van der Waals surface area contributed by atoms with Crippen molar-refractivity contribution >= 4 is 23.3 Å². The summed E-state index contributed by atoms with van der Waals surface area (Å²) >= 11 is 5.98. The normalized spacial score (nSPS) is 22.8. The molecule has 1 heterocycles. The average Bonchev–Trinajstić information content (AvgIpc) is 2.28. The zero-order valence-electron chi connectivity index (χ0n) is 10.7. The largest absolute Gasteiger partial charge is 0.481 e. The van der Waals surface area contributed by atoms with Gasteiger partial charge < -0.3 is 10.0 Å². The fraction of sp³-hybridized carbons (Fsp3) is 0.500. The van der Waals surface area contributed by atoms with Gasteiger partial charge >= 0.3 is 5.97 Å². The Morgan fingerprint density at radius 1 is 1.50 bits per heavy atom. The van der Waals surface area contributed by atoms with Gasteiger partial charge in [-0.15, -0.1) is 0 Å². The van der Waals surface area contributed by atoms with Crippen LogP contribution in [0, 0.1) is 11.3 Å². The first-order valence-electron chi connectivity index (χ1n) is 6.13. The summed E-state index contributed by atoms with van der Waals surface area (Å²) in [5, 5.41) is 10.0. The predicted molar refractivity (Wildman–Crippen MR) is 73.2 cm³/mol. The standard InChI is InChI=1S/C14H18ClNO2/c1-14(2)6-7-16(9-12(14)13(17)18)11-5-3-4-10(15)8-11/h3-5,8,12H,6-7,9H2,1-2H3,(H,17,18). The van der Waals surface area contributed by atoms with Crippen molar-refractivity contribution < 1.29 is 9.90 Å². The van der Waals surface area contributed by atoms with Gasteiger partial charge in [0, 0.05) is 23.8 Å². The number of carboxylic acid groups (broad SMARTS) is 1. The molecule has 1 aliphatic rings. The molecule has 1 unspecified atom stereocenters. The summed E-state index contributed by atoms with van der Waals surface area (Å²) in [4.78, 5) is 13.5. The van der Waals surface area contributed by atoms with Gasteiger partial charge in [-0.2, -0.15) is 0 Å². The summed E-state index contributed by atoms with van der Waals surface area (Å²) in [5.74, 6) is -1.06. The highest BCUT2D eigenvalue weighted by Gasteiger charge is 2.40. The molecule has 0 aromatic heterocycles. The molecule has 1 aliphatic heterocycles. The first kappa shape index (κ1) is 13.2. The first-order chi connectivity index (χ1) is 8.40. The minimum Gasteiger partial charge on any atom is -0.481 e. The van der Waals surface area contributed by atoms with Gasteiger partial charge in [-0.1, -0.05) is 31.5 Å². The maximum Gasteiger partial charge on any atom is 0.308 e. The van der Waals surface area contributed by atoms with E-state index in [0.717, 1.165) is 18.7 Å². The van der Waals surface area contributed by atoms with Gasteiger partial charge in [0.15, 0.2) is 0 Å². The molecule has 0 amide bonds. The maximum absolute atomic E-state index is 11.4. The summed E-state index contributed by atoms with van der Waals surface area (Å²) < 4.78 is 0. The summed E-state index contributed by atoms with van der Waals surface area (Å²) in [7, 11) is 0. The zero-order chi connectivity index (χ0) is 13.3. The molecule has 3 nitrogen and oxygen atoms in total. The Bertz CT molecular complexity index is 459. The summed E-state index contributed by atoms with van der Waals surface area (Å²) in [6.45, 7) is 5.47. The highest BCUT2D eigenvalue weighted by Crippen LogP contribution is 2.37. The lowest BCUT2D eigenvalue weighted by Gasteiger charge is -2.42. The molecule has 1 aromatic rings. The topological polar surface area (TPSA) is 40.5 Å². The van der Waals surface area contributed by atoms with Gasteiger partial charge in [-0.05, 0) is 30.0 Å². The smallest absolute Gasteiger partial charge is 0.308 e. The average molecular weight is 268 g/mol. The molecular formula is C14H18ClNO2. The molecule has 1 aromatic carbocycles. The van der Waals surface area contributed by atoms with Crippen LogP contribution in [0.15, 0.2) is 24.3 Å². The van der Waals surface area contributed by atoms with Gasteiger partial charge in [-0.3, -0.25) is 4.79 Å². The van der Waals surface area contributed by atoms with Gasteiger partial charge in [-0.25, -0.2) is 0 Å². The lowest BCUT2D eigenvalue weighted by molar-refractivity contribution is -0.146. The third kappa shape index (κ3) is 2.61. The third-order valence-corrected chi connectivity index (χ3v) is 4.08. The molecule has 1 N–H and O–H groups in total. The quantitative estimate of drug-likeness (QED) is 0.894. The maximum atomic E-state index is 11.4. The number of hydrogen-bond acceptors (Lipinski definition) is 2. The van der Waals surface area contributed by atoms with Crippen LogP contribution in [0.1, 0.15) is 20.3 Å². The lowest BCUT2D eigenvalue weighted by atomic mass is 9.73. The molecular weight excluding hydrogens is 250 g/mol. The van der Waals surface area contributed by atoms with Crippen LogP contribution in [0.4, 0.5) is 5.69 Å². The number of halogens is 1. The Hall–Kier alpha value is -1.22. The van der Waals surface area contributed by atoms with E-state index in [-0.39, 0.29) is 11.3 Å². The van der Waals surface area contributed by atoms with Gasteiger partial charge in [0.25, 0.3) is 0 Å². The van der Waals surface area contributed by atoms with E-state index in [4.69, 9.17) is 11.6 Å². The third-order valence-electron chi connectivity index (χ3n) is 3.84. The van der Waals surface area contributed by atoms with E-state index < -0.39 is 5.97 Å². The van der Waals surface area contributed by atoms with Gasteiger partial charge in [0.1, 0.15) is 0 Å². The second kappa shape index (κ2) is 4.81. The van der Waals surface area contributed by atoms with Crippen molar-refractivity contribution in [1.29, 1.82) is 0 Å². The molecule has 0 saturated carbocycles. The van der Waals surface area contributed by atoms with E-state index >= 15 is 0 Å². The second-order valence-corrected chi connectivity index (χ2v) is 5.99. The molecule has 0 aliphatic carbocycles. The number of nitrogens with zero attached hydrogens (tertiary/aromatic N) is 1. The molecule has 0 spiro atoms. The lowest BCUT2D eigenvalue weighted by Crippen LogP contribution is -2.48. The Kier molecular flexibility index (Phi) is 3.53. The molecule has 2 rings (SSSR count). The van der Waals surface area contributed by atoms with Crippen LogP contribution >= 0.6 is 11.6 Å². The van der Waals surface area contributed by atoms with Crippen molar-refractivity contribution in [3.63, 3.8) is 0 Å². The molecule has 1 fully saturated rings. The van der Waals surface area contributed by atoms with Crippen LogP contribution in [0.25, 0.3) is 0 Å². The van der Waals surface area contributed by atoms with Crippen molar-refractivity contribution in [2.75, 3.05) is 18.0 Å². The monoisotopic (exact) mass is 267 g/mol. The van der Waals surface area contributed by atoms with Crippen LogP contribution < -0.4 is 4.90 Å². The minimum atomic E-state index is -0.716. The number of benzene rings is 1. The van der Waals surface area contributed by atoms with Crippen LogP contribution in [0.3, 0.4) is 0 Å². The summed E-state index contributed by atoms with van der Waals surface area (Å²) in [6.07, 6.45) is 0.872. The van der Waals surface area contributed by atoms with Crippen molar-refractivity contribution in [2.45, 2.75) is 20.3 Å². The Labute approximate surface area is 112 Å². The van der Waals surface area contributed by atoms with E-state index in [1.54, 1.807) is 0 Å². The second-order valence-electron chi connectivity index (χ2n) is 5.56. The molecule has 18 heavy (non-hydrogen) atoms. The fourth-order valence-electron chi connectivity index (χ4n) is 2.48. The zero-order valence-corrected chi connectivity index (χ0v) is 11.4. The van der Waals surface area contributed by atoms with E-state index in [9.17, 15) is 9.90 Å². The molecule has 98 valence electrons. The molecule has 0 radical (unpaired) electrons. The molecule has 4 heteroatoms. The fourth-order valence-corrected chi connectivity index (χ4v) is 2.66. The molecule has 1 atom stereocenters. The van der Waals surface area contributed by atoms with Gasteiger partial charge in [0.2, 0.25) is 0 Å². The number of piperidine rings is 1. The number of rotatable bonds is 2. The number of carbonyl (C=O) groups is 1. The van der Waals surface area contributed by atoms with E-state index in [2.05, 4.69) is 4.90 Å². The van der Waals surface area contributed by atoms with Gasteiger partial charge in [0.05, 0.1) is 5.92 Å². The van der Waals surface area contributed by atoms with Crippen LogP contribution in [0.5, 0.6) is 0 Å². The summed E-state index contributed by atoms with van der Waals surface area (Å²) in [6, 6.07) is 7.59. The SMILES string of the molecule is CC1(C)CCN(c2cccc(Cl)c2)CC1C(=O)O. The number of carboxylic acids is 1. The highest BCUT2D eigenvalue weighted by molar-refractivity contribution is 6.30.